The van der Waals surface area contributed by atoms with Crippen LogP contribution in [0.2, 0.25) is 0 Å². The number of oxime groups is 1. The van der Waals surface area contributed by atoms with E-state index in [4.69, 9.17) is 10.9 Å². The van der Waals surface area contributed by atoms with Crippen molar-refractivity contribution in [1.29, 1.82) is 0 Å². The van der Waals surface area contributed by atoms with Crippen LogP contribution in [0.1, 0.15) is 19.0 Å². The Balaban J connectivity index is 2.74. The van der Waals surface area contributed by atoms with Gasteiger partial charge < -0.3 is 15.5 Å². The van der Waals surface area contributed by atoms with E-state index in [9.17, 15) is 8.42 Å². The van der Waals surface area contributed by atoms with E-state index in [0.29, 0.717) is 18.7 Å². The van der Waals surface area contributed by atoms with E-state index in [0.717, 1.165) is 0 Å². The van der Waals surface area contributed by atoms with Crippen molar-refractivity contribution in [2.75, 3.05) is 11.5 Å². The van der Waals surface area contributed by atoms with Crippen LogP contribution in [-0.4, -0.2) is 35.5 Å². The van der Waals surface area contributed by atoms with Crippen molar-refractivity contribution in [3.05, 3.63) is 24.0 Å². The van der Waals surface area contributed by atoms with Gasteiger partial charge in [-0.15, -0.1) is 0 Å². The maximum atomic E-state index is 11.6. The molecule has 3 N–H and O–H groups in total. The molecular weight excluding hydrogens is 242 g/mol. The highest BCUT2D eigenvalue weighted by atomic mass is 32.2. The number of hydrogen-bond acceptors (Lipinski definition) is 4. The van der Waals surface area contributed by atoms with E-state index in [1.165, 1.54) is 0 Å². The number of aromatic nitrogens is 1. The summed E-state index contributed by atoms with van der Waals surface area (Å²) >= 11 is 0. The molecule has 0 unspecified atom stereocenters. The lowest BCUT2D eigenvalue weighted by Crippen LogP contribution is -2.21. The van der Waals surface area contributed by atoms with Gasteiger partial charge in [-0.3, -0.25) is 0 Å². The predicted molar refractivity (Wildman–Crippen MR) is 65.9 cm³/mol. The smallest absolute Gasteiger partial charge is 0.186 e. The highest BCUT2D eigenvalue weighted by Crippen LogP contribution is 2.04. The number of nitrogens with zero attached hydrogens (tertiary/aromatic N) is 2. The molecule has 0 aliphatic carbocycles. The van der Waals surface area contributed by atoms with Gasteiger partial charge in [-0.25, -0.2) is 8.42 Å². The van der Waals surface area contributed by atoms with Crippen LogP contribution < -0.4 is 5.73 Å². The van der Waals surface area contributed by atoms with Crippen molar-refractivity contribution in [3.8, 4) is 0 Å². The monoisotopic (exact) mass is 259 g/mol. The van der Waals surface area contributed by atoms with Crippen molar-refractivity contribution >= 4 is 15.7 Å². The van der Waals surface area contributed by atoms with Crippen LogP contribution in [0.25, 0.3) is 0 Å². The first-order valence-electron chi connectivity index (χ1n) is 5.33. The highest BCUT2D eigenvalue weighted by Gasteiger charge is 2.11. The van der Waals surface area contributed by atoms with Gasteiger partial charge in [-0.2, -0.15) is 0 Å². The van der Waals surface area contributed by atoms with Gasteiger partial charge in [0.15, 0.2) is 15.7 Å². The molecule has 0 amide bonds. The lowest BCUT2D eigenvalue weighted by atomic mass is 10.4. The van der Waals surface area contributed by atoms with Gasteiger partial charge in [-0.05, 0) is 18.6 Å². The SMILES string of the molecule is CCCS(=O)(=O)CCn1cccc1/C(N)=N/O. The van der Waals surface area contributed by atoms with Gasteiger partial charge in [0.1, 0.15) is 0 Å². The molecule has 0 aromatic carbocycles. The lowest BCUT2D eigenvalue weighted by molar-refractivity contribution is 0.318. The molecule has 0 saturated heterocycles. The van der Waals surface area contributed by atoms with E-state index < -0.39 is 9.84 Å². The summed E-state index contributed by atoms with van der Waals surface area (Å²) in [4.78, 5) is 0. The molecule has 6 nitrogen and oxygen atoms in total. The number of sulfone groups is 1. The van der Waals surface area contributed by atoms with Crippen LogP contribution in [0, 0.1) is 0 Å². The molecule has 7 heteroatoms. The summed E-state index contributed by atoms with van der Waals surface area (Å²) in [6.45, 7) is 2.13. The third-order valence-corrected chi connectivity index (χ3v) is 4.19. The molecule has 0 aliphatic heterocycles. The first-order valence-corrected chi connectivity index (χ1v) is 7.15. The number of aryl methyl sites for hydroxylation is 1. The Hall–Kier alpha value is -1.50. The van der Waals surface area contributed by atoms with Gasteiger partial charge in [0.25, 0.3) is 0 Å². The van der Waals surface area contributed by atoms with Gasteiger partial charge in [0.2, 0.25) is 0 Å². The molecule has 0 saturated carbocycles. The average molecular weight is 259 g/mol. The highest BCUT2D eigenvalue weighted by molar-refractivity contribution is 7.91. The normalized spacial score (nSPS) is 12.9. The van der Waals surface area contributed by atoms with E-state index in [2.05, 4.69) is 5.16 Å². The van der Waals surface area contributed by atoms with E-state index in [1.54, 1.807) is 22.9 Å². The molecule has 96 valence electrons. The second kappa shape index (κ2) is 5.72. The van der Waals surface area contributed by atoms with Crippen molar-refractivity contribution in [1.82, 2.24) is 4.57 Å². The molecule has 17 heavy (non-hydrogen) atoms. The maximum Gasteiger partial charge on any atom is 0.186 e. The Kier molecular flexibility index (Phi) is 4.56. The Morgan fingerprint density at radius 1 is 1.53 bits per heavy atom. The van der Waals surface area contributed by atoms with Crippen LogP contribution in [0.15, 0.2) is 23.5 Å². The number of rotatable bonds is 6. The van der Waals surface area contributed by atoms with Crippen LogP contribution in [0.4, 0.5) is 0 Å². The summed E-state index contributed by atoms with van der Waals surface area (Å²) in [6.07, 6.45) is 2.32. The van der Waals surface area contributed by atoms with Crippen molar-refractivity contribution < 1.29 is 13.6 Å². The minimum absolute atomic E-state index is 0.0251. The fourth-order valence-electron chi connectivity index (χ4n) is 1.54. The molecular formula is C10H17N3O3S. The summed E-state index contributed by atoms with van der Waals surface area (Å²) in [5, 5.41) is 11.5. The zero-order valence-electron chi connectivity index (χ0n) is 9.70. The molecule has 1 aromatic heterocycles. The Bertz CT molecular complexity index is 491. The number of amidine groups is 1. The van der Waals surface area contributed by atoms with Gasteiger partial charge in [-0.1, -0.05) is 12.1 Å². The standard InChI is InChI=1S/C10H17N3O3S/c1-2-7-17(15,16)8-6-13-5-3-4-9(13)10(11)12-14/h3-5,14H,2,6-8H2,1H3,(H2,11,12). The molecule has 1 aromatic rings. The second-order valence-corrected chi connectivity index (χ2v) is 6.03. The van der Waals surface area contributed by atoms with Crippen LogP contribution in [-0.2, 0) is 16.4 Å². The zero-order chi connectivity index (χ0) is 12.9. The predicted octanol–water partition coefficient (Wildman–Crippen LogP) is 0.407. The summed E-state index contributed by atoms with van der Waals surface area (Å²) < 4.78 is 24.8. The summed E-state index contributed by atoms with van der Waals surface area (Å²) in [5.74, 6) is 0.219. The minimum Gasteiger partial charge on any atom is -0.409 e. The average Bonchev–Trinajstić information content (AvgIpc) is 2.73. The van der Waals surface area contributed by atoms with Crippen LogP contribution in [0.3, 0.4) is 0 Å². The van der Waals surface area contributed by atoms with Crippen LogP contribution >= 0.6 is 0 Å². The molecule has 0 aliphatic rings. The molecule has 0 bridgehead atoms. The first kappa shape index (κ1) is 13.6. The first-order chi connectivity index (χ1) is 8.00. The van der Waals surface area contributed by atoms with Crippen molar-refractivity contribution in [3.63, 3.8) is 0 Å². The quantitative estimate of drug-likeness (QED) is 0.334. The summed E-state index contributed by atoms with van der Waals surface area (Å²) in [7, 11) is -3.02. The Morgan fingerprint density at radius 3 is 2.82 bits per heavy atom. The summed E-state index contributed by atoms with van der Waals surface area (Å²) in [6, 6.07) is 3.39. The molecule has 1 rings (SSSR count). The van der Waals surface area contributed by atoms with Crippen molar-refractivity contribution in [2.45, 2.75) is 19.9 Å². The van der Waals surface area contributed by atoms with E-state index in [-0.39, 0.29) is 17.3 Å². The maximum absolute atomic E-state index is 11.6. The summed E-state index contributed by atoms with van der Waals surface area (Å²) in [5.41, 5.74) is 5.98. The second-order valence-electron chi connectivity index (χ2n) is 3.72. The topological polar surface area (TPSA) is 97.7 Å². The number of hydrogen-bond donors (Lipinski definition) is 2. The van der Waals surface area contributed by atoms with Gasteiger partial charge in [0.05, 0.1) is 11.4 Å². The van der Waals surface area contributed by atoms with Gasteiger partial charge in [0, 0.05) is 18.5 Å². The number of nitrogens with two attached hydrogens (primary N) is 1. The minimum atomic E-state index is -3.02. The third kappa shape index (κ3) is 3.77. The fourth-order valence-corrected chi connectivity index (χ4v) is 2.84. The molecule has 1 heterocycles. The van der Waals surface area contributed by atoms with E-state index in [1.807, 2.05) is 6.92 Å². The van der Waals surface area contributed by atoms with Gasteiger partial charge >= 0.3 is 0 Å². The fraction of sp³-hybridized carbons (Fsp3) is 0.500. The largest absolute Gasteiger partial charge is 0.409 e. The molecule has 0 atom stereocenters. The molecule has 0 fully saturated rings. The zero-order valence-corrected chi connectivity index (χ0v) is 10.5. The van der Waals surface area contributed by atoms with Crippen LogP contribution in [0.5, 0.6) is 0 Å². The Morgan fingerprint density at radius 2 is 2.24 bits per heavy atom. The molecule has 0 radical (unpaired) electrons. The lowest BCUT2D eigenvalue weighted by Gasteiger charge is -2.08. The third-order valence-electron chi connectivity index (χ3n) is 2.36. The van der Waals surface area contributed by atoms with Crippen molar-refractivity contribution in [2.24, 2.45) is 10.9 Å². The Labute approximate surface area is 101 Å². The molecule has 0 spiro atoms. The van der Waals surface area contributed by atoms with E-state index >= 15 is 0 Å².